The van der Waals surface area contributed by atoms with E-state index in [9.17, 15) is 9.90 Å². The minimum Gasteiger partial charge on any atom is -0.493 e. The third-order valence-corrected chi connectivity index (χ3v) is 6.43. The summed E-state index contributed by atoms with van der Waals surface area (Å²) in [6.45, 7) is 14.3. The monoisotopic (exact) mass is 437 g/mol. The number of amides is 1. The smallest absolute Gasteiger partial charge is 0.413 e. The second-order valence-electron chi connectivity index (χ2n) is 9.00. The van der Waals surface area contributed by atoms with E-state index in [-0.39, 0.29) is 0 Å². The Kier molecular flexibility index (Phi) is 7.77. The van der Waals surface area contributed by atoms with Crippen LogP contribution < -0.4 is 9.64 Å². The molecule has 1 aromatic heterocycles. The van der Waals surface area contributed by atoms with Crippen molar-refractivity contribution in [1.82, 2.24) is 9.78 Å². The van der Waals surface area contributed by atoms with Crippen LogP contribution in [-0.2, 0) is 6.54 Å². The van der Waals surface area contributed by atoms with Gasteiger partial charge >= 0.3 is 6.09 Å². The Labute approximate surface area is 179 Å². The minimum atomic E-state index is -1.37. The van der Waals surface area contributed by atoms with E-state index < -0.39 is 14.2 Å². The lowest BCUT2D eigenvalue weighted by molar-refractivity contribution is 0.202. The first kappa shape index (κ1) is 23.3. The normalized spacial score (nSPS) is 11.7. The number of nitrogens with zero attached hydrogens (tertiary/aromatic N) is 3. The van der Waals surface area contributed by atoms with Gasteiger partial charge in [0.25, 0.3) is 0 Å². The highest BCUT2D eigenvalue weighted by Crippen LogP contribution is 2.26. The van der Waals surface area contributed by atoms with Crippen LogP contribution >= 0.6 is 11.6 Å². The summed E-state index contributed by atoms with van der Waals surface area (Å²) in [6, 6.07) is 8.25. The summed E-state index contributed by atoms with van der Waals surface area (Å²) in [5.41, 5.74) is 1.80. The van der Waals surface area contributed by atoms with Crippen molar-refractivity contribution in [3.8, 4) is 5.75 Å². The SMILES string of the molecule is Cc1cc(N(CC[Si](C)(C)C)C(=O)O)nn1Cc1cc(Cl)ccc1OCC(C)C. The van der Waals surface area contributed by atoms with Crippen LogP contribution in [-0.4, -0.2) is 42.2 Å². The first-order valence-electron chi connectivity index (χ1n) is 9.92. The van der Waals surface area contributed by atoms with Crippen molar-refractivity contribution >= 4 is 31.6 Å². The van der Waals surface area contributed by atoms with Crippen LogP contribution in [0.15, 0.2) is 24.3 Å². The van der Waals surface area contributed by atoms with Crippen LogP contribution in [0, 0.1) is 12.8 Å². The summed E-state index contributed by atoms with van der Waals surface area (Å²) in [7, 11) is -1.37. The maximum Gasteiger partial charge on any atom is 0.413 e. The number of ether oxygens (including phenoxy) is 1. The minimum absolute atomic E-state index is 0.409. The largest absolute Gasteiger partial charge is 0.493 e. The van der Waals surface area contributed by atoms with Crippen molar-refractivity contribution in [2.24, 2.45) is 5.92 Å². The Bertz CT molecular complexity index is 846. The summed E-state index contributed by atoms with van der Waals surface area (Å²) in [6.07, 6.45) is -0.975. The molecule has 2 aromatic rings. The maximum atomic E-state index is 11.8. The van der Waals surface area contributed by atoms with Crippen molar-refractivity contribution in [3.63, 3.8) is 0 Å². The summed E-state index contributed by atoms with van der Waals surface area (Å²) < 4.78 is 7.73. The summed E-state index contributed by atoms with van der Waals surface area (Å²) in [5.74, 6) is 1.64. The van der Waals surface area contributed by atoms with Gasteiger partial charge in [-0.2, -0.15) is 5.10 Å². The topological polar surface area (TPSA) is 67.6 Å². The third kappa shape index (κ3) is 7.08. The van der Waals surface area contributed by atoms with Crippen LogP contribution in [0.3, 0.4) is 0 Å². The molecule has 1 heterocycles. The van der Waals surface area contributed by atoms with Crippen LogP contribution in [0.1, 0.15) is 25.1 Å². The van der Waals surface area contributed by atoms with Crippen molar-refractivity contribution in [2.45, 2.75) is 53.0 Å². The fourth-order valence-electron chi connectivity index (χ4n) is 2.77. The molecule has 1 aromatic carbocycles. The zero-order valence-electron chi connectivity index (χ0n) is 18.2. The van der Waals surface area contributed by atoms with E-state index in [2.05, 4.69) is 38.6 Å². The van der Waals surface area contributed by atoms with Crippen molar-refractivity contribution in [3.05, 3.63) is 40.5 Å². The highest BCUT2D eigenvalue weighted by molar-refractivity contribution is 6.76. The molecule has 0 aliphatic heterocycles. The van der Waals surface area contributed by atoms with Crippen LogP contribution in [0.4, 0.5) is 10.6 Å². The predicted octanol–water partition coefficient (Wildman–Crippen LogP) is 5.75. The van der Waals surface area contributed by atoms with Crippen LogP contribution in [0.5, 0.6) is 5.75 Å². The number of rotatable bonds is 9. The highest BCUT2D eigenvalue weighted by Gasteiger charge is 2.22. The van der Waals surface area contributed by atoms with Gasteiger partial charge in [-0.05, 0) is 37.1 Å². The number of halogens is 1. The number of hydrogen-bond donors (Lipinski definition) is 1. The predicted molar refractivity (Wildman–Crippen MR) is 121 cm³/mol. The van der Waals surface area contributed by atoms with Crippen molar-refractivity contribution in [2.75, 3.05) is 18.1 Å². The Balaban J connectivity index is 2.26. The molecule has 2 rings (SSSR count). The van der Waals surface area contributed by atoms with Gasteiger partial charge in [-0.3, -0.25) is 9.58 Å². The Morgan fingerprint density at radius 1 is 1.31 bits per heavy atom. The molecule has 0 aliphatic carbocycles. The molecule has 6 nitrogen and oxygen atoms in total. The van der Waals surface area contributed by atoms with Gasteiger partial charge in [0.05, 0.1) is 13.2 Å². The molecular formula is C21H32ClN3O3Si. The second-order valence-corrected chi connectivity index (χ2v) is 15.1. The van der Waals surface area contributed by atoms with Gasteiger partial charge < -0.3 is 9.84 Å². The van der Waals surface area contributed by atoms with Gasteiger partial charge in [-0.1, -0.05) is 45.1 Å². The molecule has 0 spiro atoms. The average molecular weight is 438 g/mol. The van der Waals surface area contributed by atoms with Crippen molar-refractivity contribution in [1.29, 1.82) is 0 Å². The standard InChI is InChI=1S/C21H32ClN3O3Si/c1-15(2)14-28-19-8-7-18(22)12-17(19)13-25-16(3)11-20(23-25)24(21(26)27)9-10-29(4,5)6/h7-8,11-12,15H,9-10,13-14H2,1-6H3,(H,26,27). The number of carboxylic acid groups (broad SMARTS) is 1. The molecule has 0 fully saturated rings. The molecule has 0 radical (unpaired) electrons. The molecule has 0 aliphatic rings. The lowest BCUT2D eigenvalue weighted by atomic mass is 10.2. The molecule has 0 atom stereocenters. The Hall–Kier alpha value is -1.99. The molecule has 0 bridgehead atoms. The van der Waals surface area contributed by atoms with E-state index >= 15 is 0 Å². The van der Waals surface area contributed by atoms with Gasteiger partial charge in [0.15, 0.2) is 5.82 Å². The second kappa shape index (κ2) is 9.67. The summed E-state index contributed by atoms with van der Waals surface area (Å²) in [4.78, 5) is 13.1. The highest BCUT2D eigenvalue weighted by atomic mass is 35.5. The molecule has 8 heteroatoms. The number of hydrogen-bond acceptors (Lipinski definition) is 3. The lowest BCUT2D eigenvalue weighted by Gasteiger charge is -2.21. The summed E-state index contributed by atoms with van der Waals surface area (Å²) in [5, 5.41) is 14.9. The average Bonchev–Trinajstić information content (AvgIpc) is 2.93. The van der Waals surface area contributed by atoms with Crippen LogP contribution in [0.2, 0.25) is 30.7 Å². The molecule has 0 saturated heterocycles. The quantitative estimate of drug-likeness (QED) is 0.507. The number of carbonyl (C=O) groups is 1. The fourth-order valence-corrected chi connectivity index (χ4v) is 3.86. The zero-order valence-corrected chi connectivity index (χ0v) is 20.0. The Morgan fingerprint density at radius 2 is 2.00 bits per heavy atom. The van der Waals surface area contributed by atoms with E-state index in [0.29, 0.717) is 36.5 Å². The van der Waals surface area contributed by atoms with Gasteiger partial charge in [-0.15, -0.1) is 0 Å². The number of aryl methyl sites for hydroxylation is 1. The zero-order chi connectivity index (χ0) is 21.8. The van der Waals surface area contributed by atoms with Gasteiger partial charge in [0, 0.05) is 37.0 Å². The summed E-state index contributed by atoms with van der Waals surface area (Å²) >= 11 is 6.20. The number of benzene rings is 1. The third-order valence-electron chi connectivity index (χ3n) is 4.48. The molecule has 0 unspecified atom stereocenters. The first-order valence-corrected chi connectivity index (χ1v) is 14.0. The fraction of sp³-hybridized carbons (Fsp3) is 0.524. The molecule has 1 N–H and O–H groups in total. The van der Waals surface area contributed by atoms with E-state index in [1.807, 2.05) is 31.2 Å². The van der Waals surface area contributed by atoms with E-state index in [1.165, 1.54) is 4.90 Å². The number of anilines is 1. The Morgan fingerprint density at radius 3 is 2.59 bits per heavy atom. The van der Waals surface area contributed by atoms with E-state index in [0.717, 1.165) is 23.1 Å². The molecule has 29 heavy (non-hydrogen) atoms. The van der Waals surface area contributed by atoms with E-state index in [4.69, 9.17) is 16.3 Å². The first-order chi connectivity index (χ1) is 13.5. The molecule has 1 amide bonds. The lowest BCUT2D eigenvalue weighted by Crippen LogP contribution is -2.35. The van der Waals surface area contributed by atoms with Crippen molar-refractivity contribution < 1.29 is 14.6 Å². The van der Waals surface area contributed by atoms with Gasteiger partial charge in [0.1, 0.15) is 5.75 Å². The van der Waals surface area contributed by atoms with E-state index in [1.54, 1.807) is 4.68 Å². The number of aromatic nitrogens is 2. The van der Waals surface area contributed by atoms with Crippen LogP contribution in [0.25, 0.3) is 0 Å². The van der Waals surface area contributed by atoms with Gasteiger partial charge in [-0.25, -0.2) is 4.79 Å². The molecule has 0 saturated carbocycles. The molecular weight excluding hydrogens is 406 g/mol. The molecule has 160 valence electrons. The maximum absolute atomic E-state index is 11.8. The van der Waals surface area contributed by atoms with Gasteiger partial charge in [0.2, 0.25) is 0 Å².